The van der Waals surface area contributed by atoms with E-state index in [1.165, 1.54) is 0 Å². The van der Waals surface area contributed by atoms with E-state index in [0.29, 0.717) is 12.0 Å². The van der Waals surface area contributed by atoms with Gasteiger partial charge in [-0.3, -0.25) is 0 Å². The summed E-state index contributed by atoms with van der Waals surface area (Å²) in [5.41, 5.74) is -0.346. The number of benzene rings is 1. The van der Waals surface area contributed by atoms with Crippen molar-refractivity contribution >= 4 is 37.3 Å². The summed E-state index contributed by atoms with van der Waals surface area (Å²) < 4.78 is 40.9. The Kier molecular flexibility index (Phi) is 4.56. The Balaban J connectivity index is 2.20. The summed E-state index contributed by atoms with van der Waals surface area (Å²) in [6, 6.07) is 1.57. The maximum Gasteiger partial charge on any atom is 0.339 e. The summed E-state index contributed by atoms with van der Waals surface area (Å²) in [6.45, 7) is 0.194. The Hall–Kier alpha value is -0.850. The van der Waals surface area contributed by atoms with Gasteiger partial charge >= 0.3 is 5.97 Å². The highest BCUT2D eigenvalue weighted by molar-refractivity contribution is 8.13. The van der Waals surface area contributed by atoms with Gasteiger partial charge in [-0.25, -0.2) is 17.6 Å². The second-order valence-electron chi connectivity index (χ2n) is 4.57. The monoisotopic (exact) mass is 340 g/mol. The largest absolute Gasteiger partial charge is 0.462 e. The Morgan fingerprint density at radius 1 is 1.40 bits per heavy atom. The molecular formula is C12H11Cl2FO4S. The van der Waals surface area contributed by atoms with Crippen LogP contribution in [-0.2, 0) is 13.8 Å². The van der Waals surface area contributed by atoms with E-state index in [-0.39, 0.29) is 12.2 Å². The second-order valence-corrected chi connectivity index (χ2v) is 7.52. The molecule has 4 nitrogen and oxygen atoms in total. The zero-order valence-electron chi connectivity index (χ0n) is 10.2. The second kappa shape index (κ2) is 5.87. The van der Waals surface area contributed by atoms with E-state index in [0.717, 1.165) is 25.3 Å². The summed E-state index contributed by atoms with van der Waals surface area (Å²) >= 11 is 5.65. The van der Waals surface area contributed by atoms with Crippen molar-refractivity contribution in [3.05, 3.63) is 28.5 Å². The highest BCUT2D eigenvalue weighted by atomic mass is 35.7. The Morgan fingerprint density at radius 3 is 2.60 bits per heavy atom. The number of carbonyl (C=O) groups excluding carboxylic acids is 1. The van der Waals surface area contributed by atoms with Gasteiger partial charge in [-0.2, -0.15) is 0 Å². The fourth-order valence-electron chi connectivity index (χ4n) is 1.66. The molecule has 110 valence electrons. The van der Waals surface area contributed by atoms with Crippen LogP contribution < -0.4 is 0 Å². The van der Waals surface area contributed by atoms with Gasteiger partial charge < -0.3 is 4.74 Å². The van der Waals surface area contributed by atoms with E-state index in [4.69, 9.17) is 27.0 Å². The molecule has 0 aromatic heterocycles. The van der Waals surface area contributed by atoms with E-state index < -0.39 is 30.8 Å². The highest BCUT2D eigenvalue weighted by Gasteiger charge is 2.24. The predicted molar refractivity (Wildman–Crippen MR) is 72.1 cm³/mol. The average Bonchev–Trinajstić information content (AvgIpc) is 3.15. The zero-order valence-corrected chi connectivity index (χ0v) is 12.6. The maximum atomic E-state index is 13.5. The van der Waals surface area contributed by atoms with Crippen LogP contribution in [0.3, 0.4) is 0 Å². The number of halogens is 3. The minimum absolute atomic E-state index is 0.194. The van der Waals surface area contributed by atoms with Crippen LogP contribution in [0, 0.1) is 11.7 Å². The van der Waals surface area contributed by atoms with E-state index in [9.17, 15) is 17.6 Å². The molecule has 2 rings (SSSR count). The molecule has 1 fully saturated rings. The molecule has 0 atom stereocenters. The van der Waals surface area contributed by atoms with Crippen molar-refractivity contribution in [2.75, 3.05) is 6.61 Å². The number of carbonyl (C=O) groups is 1. The molecule has 0 spiro atoms. The molecule has 20 heavy (non-hydrogen) atoms. The molecule has 0 heterocycles. The van der Waals surface area contributed by atoms with E-state index in [2.05, 4.69) is 0 Å². The first kappa shape index (κ1) is 15.5. The molecular weight excluding hydrogens is 330 g/mol. The summed E-state index contributed by atoms with van der Waals surface area (Å²) in [5, 5.41) is -0.481. The normalized spacial score (nSPS) is 15.2. The quantitative estimate of drug-likeness (QED) is 0.609. The topological polar surface area (TPSA) is 60.4 Å². The summed E-state index contributed by atoms with van der Waals surface area (Å²) in [4.78, 5) is 11.3. The van der Waals surface area contributed by atoms with Crippen LogP contribution in [0.25, 0.3) is 0 Å². The van der Waals surface area contributed by atoms with E-state index >= 15 is 0 Å². The minimum Gasteiger partial charge on any atom is -0.462 e. The Morgan fingerprint density at radius 2 is 2.05 bits per heavy atom. The molecule has 8 heteroatoms. The zero-order chi connectivity index (χ0) is 14.9. The van der Waals surface area contributed by atoms with Crippen LogP contribution in [0.2, 0.25) is 5.02 Å². The third-order valence-corrected chi connectivity index (χ3v) is 4.68. The van der Waals surface area contributed by atoms with E-state index in [1.807, 2.05) is 0 Å². The average molecular weight is 341 g/mol. The highest BCUT2D eigenvalue weighted by Crippen LogP contribution is 2.32. The molecule has 0 bridgehead atoms. The van der Waals surface area contributed by atoms with Crippen LogP contribution in [0.5, 0.6) is 0 Å². The minimum atomic E-state index is -4.16. The first-order chi connectivity index (χ1) is 9.29. The lowest BCUT2D eigenvalue weighted by Gasteiger charge is -2.08. The number of esters is 1. The van der Waals surface area contributed by atoms with Crippen molar-refractivity contribution in [3.8, 4) is 0 Å². The van der Waals surface area contributed by atoms with Gasteiger partial charge in [0.25, 0.3) is 9.05 Å². The smallest absolute Gasteiger partial charge is 0.339 e. The lowest BCUT2D eigenvalue weighted by atomic mass is 10.2. The molecule has 1 aromatic carbocycles. The summed E-state index contributed by atoms with van der Waals surface area (Å²) in [5.74, 6) is -1.33. The summed E-state index contributed by atoms with van der Waals surface area (Å²) in [7, 11) is 0.968. The Bertz CT molecular complexity index is 641. The molecule has 0 radical (unpaired) electrons. The van der Waals surface area contributed by atoms with Crippen LogP contribution in [0.4, 0.5) is 4.39 Å². The van der Waals surface area contributed by atoms with Gasteiger partial charge in [0.05, 0.1) is 22.1 Å². The van der Waals surface area contributed by atoms with Crippen molar-refractivity contribution in [1.82, 2.24) is 0 Å². The lowest BCUT2D eigenvalue weighted by Crippen LogP contribution is -2.09. The molecule has 0 saturated heterocycles. The molecule has 0 aliphatic heterocycles. The van der Waals surface area contributed by atoms with Crippen molar-refractivity contribution in [2.24, 2.45) is 5.92 Å². The molecule has 1 aliphatic carbocycles. The number of hydrogen-bond acceptors (Lipinski definition) is 4. The van der Waals surface area contributed by atoms with Crippen LogP contribution >= 0.6 is 22.3 Å². The van der Waals surface area contributed by atoms with Crippen molar-refractivity contribution < 1.29 is 22.3 Å². The first-order valence-electron chi connectivity index (χ1n) is 5.90. The number of ether oxygens (including phenoxy) is 1. The van der Waals surface area contributed by atoms with Crippen LogP contribution in [-0.4, -0.2) is 21.0 Å². The number of hydrogen-bond donors (Lipinski definition) is 0. The van der Waals surface area contributed by atoms with E-state index in [1.54, 1.807) is 0 Å². The van der Waals surface area contributed by atoms with Crippen LogP contribution in [0.1, 0.15) is 29.6 Å². The predicted octanol–water partition coefficient (Wildman–Crippen LogP) is 3.36. The first-order valence-corrected chi connectivity index (χ1v) is 8.58. The maximum absolute atomic E-state index is 13.5. The van der Waals surface area contributed by atoms with Gasteiger partial charge in [0.2, 0.25) is 0 Å². The third kappa shape index (κ3) is 3.84. The molecule has 0 unspecified atom stereocenters. The summed E-state index contributed by atoms with van der Waals surface area (Å²) in [6.07, 6.45) is 2.97. The van der Waals surface area contributed by atoms with Gasteiger partial charge in [0.15, 0.2) is 0 Å². The van der Waals surface area contributed by atoms with Gasteiger partial charge in [0, 0.05) is 10.7 Å². The van der Waals surface area contributed by atoms with Crippen LogP contribution in [0.15, 0.2) is 17.0 Å². The standard InChI is InChI=1S/C12H11Cl2FO4S/c13-11-9(12(16)19-4-3-7-1-2-7)5-8(6-10(11)15)20(14,17)18/h5-7H,1-4H2. The fourth-order valence-corrected chi connectivity index (χ4v) is 2.61. The Labute approximate surface area is 125 Å². The van der Waals surface area contributed by atoms with Gasteiger partial charge in [-0.15, -0.1) is 0 Å². The van der Waals surface area contributed by atoms with Crippen molar-refractivity contribution in [3.63, 3.8) is 0 Å². The molecule has 1 aromatic rings. The third-order valence-electron chi connectivity index (χ3n) is 2.96. The van der Waals surface area contributed by atoms with Gasteiger partial charge in [0.1, 0.15) is 5.82 Å². The SMILES string of the molecule is O=C(OCCC1CC1)c1cc(S(=O)(=O)Cl)cc(F)c1Cl. The molecule has 1 aliphatic rings. The van der Waals surface area contributed by atoms with Crippen molar-refractivity contribution in [1.29, 1.82) is 0 Å². The van der Waals surface area contributed by atoms with Crippen molar-refractivity contribution in [2.45, 2.75) is 24.2 Å². The fraction of sp³-hybridized carbons (Fsp3) is 0.417. The molecule has 0 amide bonds. The lowest BCUT2D eigenvalue weighted by molar-refractivity contribution is 0.0494. The van der Waals surface area contributed by atoms with Gasteiger partial charge in [-0.05, 0) is 24.5 Å². The molecule has 0 N–H and O–H groups in total. The number of rotatable bonds is 5. The van der Waals surface area contributed by atoms with Gasteiger partial charge in [-0.1, -0.05) is 24.4 Å². The molecule has 1 saturated carbocycles.